The number of nitrogens with one attached hydrogen (secondary N) is 1. The Kier molecular flexibility index (Phi) is 3.17. The molecule has 2 heterocycles. The molecular weight excluding hydrogens is 260 g/mol. The third-order valence-corrected chi connectivity index (χ3v) is 2.37. The minimum Gasteiger partial charge on any atom is -0.446 e. The van der Waals surface area contributed by atoms with E-state index in [1.165, 1.54) is 0 Å². The summed E-state index contributed by atoms with van der Waals surface area (Å²) in [5.74, 6) is 2.06. The molecule has 0 saturated carbocycles. The number of rotatable bonds is 4. The minimum atomic E-state index is 0.577. The molecule has 3 N–H and O–H groups in total. The molecule has 0 spiro atoms. The zero-order valence-corrected chi connectivity index (χ0v) is 9.62. The molecule has 0 fully saturated rings. The highest BCUT2D eigenvalue weighted by atomic mass is 79.9. The Morgan fingerprint density at radius 1 is 1.47 bits per heavy atom. The van der Waals surface area contributed by atoms with Crippen molar-refractivity contribution in [2.45, 2.75) is 12.8 Å². The molecule has 0 saturated heterocycles. The molecule has 0 amide bonds. The molecule has 0 aromatic carbocycles. The average Bonchev–Trinajstić information content (AvgIpc) is 2.83. The predicted octanol–water partition coefficient (Wildman–Crippen LogP) is 1.72. The van der Waals surface area contributed by atoms with Crippen molar-refractivity contribution in [3.63, 3.8) is 0 Å². The van der Waals surface area contributed by atoms with Gasteiger partial charge in [-0.25, -0.2) is 4.98 Å². The molecular formula is C9H11BrN4O. The number of aromatic nitrogens is 3. The van der Waals surface area contributed by atoms with E-state index < -0.39 is 0 Å². The number of furan rings is 1. The van der Waals surface area contributed by atoms with E-state index in [2.05, 4.69) is 31.1 Å². The molecule has 0 radical (unpaired) electrons. The summed E-state index contributed by atoms with van der Waals surface area (Å²) in [6.45, 7) is 0.655. The van der Waals surface area contributed by atoms with Crippen molar-refractivity contribution in [1.29, 1.82) is 0 Å². The highest BCUT2D eigenvalue weighted by molar-refractivity contribution is 9.10. The first-order valence-corrected chi connectivity index (χ1v) is 5.46. The van der Waals surface area contributed by atoms with Gasteiger partial charge in [0, 0.05) is 6.42 Å². The zero-order valence-electron chi connectivity index (χ0n) is 8.03. The molecule has 5 nitrogen and oxygen atoms in total. The Hall–Kier alpha value is -1.14. The maximum Gasteiger partial charge on any atom is 0.216 e. The minimum absolute atomic E-state index is 0.577. The van der Waals surface area contributed by atoms with Gasteiger partial charge in [-0.1, -0.05) is 0 Å². The second-order valence-electron chi connectivity index (χ2n) is 3.10. The topological polar surface area (TPSA) is 80.7 Å². The fourth-order valence-corrected chi connectivity index (χ4v) is 1.53. The lowest BCUT2D eigenvalue weighted by molar-refractivity contribution is 0.551. The molecule has 15 heavy (non-hydrogen) atoms. The van der Waals surface area contributed by atoms with Crippen LogP contribution in [0.1, 0.15) is 12.2 Å². The Morgan fingerprint density at radius 2 is 2.33 bits per heavy atom. The highest BCUT2D eigenvalue weighted by Crippen LogP contribution is 2.21. The summed E-state index contributed by atoms with van der Waals surface area (Å²) in [7, 11) is 0. The first kappa shape index (κ1) is 10.4. The summed E-state index contributed by atoms with van der Waals surface area (Å²) in [5, 5.41) is 6.92. The number of halogens is 1. The normalized spacial score (nSPS) is 10.8. The summed E-state index contributed by atoms with van der Waals surface area (Å²) in [4.78, 5) is 4.29. The van der Waals surface area contributed by atoms with Crippen LogP contribution >= 0.6 is 15.9 Å². The molecule has 0 aliphatic rings. The van der Waals surface area contributed by atoms with Gasteiger partial charge >= 0.3 is 0 Å². The first-order chi connectivity index (χ1) is 7.29. The Balaban J connectivity index is 2.13. The number of hydrogen-bond acceptors (Lipinski definition) is 4. The van der Waals surface area contributed by atoms with Gasteiger partial charge in [0.25, 0.3) is 0 Å². The van der Waals surface area contributed by atoms with Crippen molar-refractivity contribution >= 4 is 15.9 Å². The van der Waals surface area contributed by atoms with Crippen molar-refractivity contribution in [2.24, 2.45) is 5.73 Å². The molecule has 2 rings (SSSR count). The van der Waals surface area contributed by atoms with Crippen LogP contribution in [0.15, 0.2) is 21.2 Å². The van der Waals surface area contributed by atoms with Gasteiger partial charge in [-0.05, 0) is 41.0 Å². The zero-order chi connectivity index (χ0) is 10.7. The van der Waals surface area contributed by atoms with Gasteiger partial charge in [0.15, 0.2) is 10.4 Å². The van der Waals surface area contributed by atoms with Gasteiger partial charge in [0.1, 0.15) is 5.82 Å². The number of aryl methyl sites for hydroxylation is 1. The van der Waals surface area contributed by atoms with E-state index in [1.807, 2.05) is 12.1 Å². The van der Waals surface area contributed by atoms with Crippen LogP contribution in [0.3, 0.4) is 0 Å². The average molecular weight is 271 g/mol. The number of nitrogens with zero attached hydrogens (tertiary/aromatic N) is 2. The van der Waals surface area contributed by atoms with Crippen molar-refractivity contribution in [3.8, 4) is 11.6 Å². The number of aromatic amines is 1. The monoisotopic (exact) mass is 270 g/mol. The maximum atomic E-state index is 5.41. The van der Waals surface area contributed by atoms with Gasteiger partial charge in [-0.3, -0.25) is 5.10 Å². The van der Waals surface area contributed by atoms with E-state index in [0.29, 0.717) is 22.8 Å². The summed E-state index contributed by atoms with van der Waals surface area (Å²) in [6, 6.07) is 3.63. The van der Waals surface area contributed by atoms with Gasteiger partial charge in [-0.15, -0.1) is 0 Å². The molecule has 6 heteroatoms. The number of nitrogens with two attached hydrogens (primary N) is 1. The lowest BCUT2D eigenvalue weighted by atomic mass is 10.3. The fourth-order valence-electron chi connectivity index (χ4n) is 1.22. The van der Waals surface area contributed by atoms with Crippen LogP contribution in [0.4, 0.5) is 0 Å². The summed E-state index contributed by atoms with van der Waals surface area (Å²) in [6.07, 6.45) is 1.71. The summed E-state index contributed by atoms with van der Waals surface area (Å²) >= 11 is 3.23. The molecule has 2 aromatic heterocycles. The second-order valence-corrected chi connectivity index (χ2v) is 3.88. The Bertz CT molecular complexity index is 437. The molecule has 0 aliphatic carbocycles. The molecule has 0 bridgehead atoms. The van der Waals surface area contributed by atoms with Gasteiger partial charge < -0.3 is 10.2 Å². The molecule has 0 atom stereocenters. The lowest BCUT2D eigenvalue weighted by Gasteiger charge is -1.90. The van der Waals surface area contributed by atoms with Crippen LogP contribution in [-0.4, -0.2) is 21.7 Å². The Morgan fingerprint density at radius 3 is 3.00 bits per heavy atom. The standard InChI is InChI=1S/C9H11BrN4O/c10-7-4-3-6(15-7)9-12-8(13-14-9)2-1-5-11/h3-4H,1-2,5,11H2,(H,12,13,14). The third kappa shape index (κ3) is 2.45. The maximum absolute atomic E-state index is 5.41. The third-order valence-electron chi connectivity index (χ3n) is 1.94. The van der Waals surface area contributed by atoms with Crippen LogP contribution in [0.25, 0.3) is 11.6 Å². The SMILES string of the molecule is NCCCc1nc(-c2ccc(Br)o2)n[nH]1. The van der Waals surface area contributed by atoms with Crippen molar-refractivity contribution in [3.05, 3.63) is 22.6 Å². The van der Waals surface area contributed by atoms with Crippen molar-refractivity contribution in [1.82, 2.24) is 15.2 Å². The summed E-state index contributed by atoms with van der Waals surface area (Å²) < 4.78 is 6.01. The lowest BCUT2D eigenvalue weighted by Crippen LogP contribution is -2.01. The first-order valence-electron chi connectivity index (χ1n) is 4.66. The van der Waals surface area contributed by atoms with E-state index in [1.54, 1.807) is 0 Å². The molecule has 0 aliphatic heterocycles. The van der Waals surface area contributed by atoms with E-state index in [-0.39, 0.29) is 0 Å². The van der Waals surface area contributed by atoms with E-state index in [4.69, 9.17) is 10.2 Å². The van der Waals surface area contributed by atoms with Crippen LogP contribution in [0.2, 0.25) is 0 Å². The van der Waals surface area contributed by atoms with Gasteiger partial charge in [0.2, 0.25) is 5.82 Å². The van der Waals surface area contributed by atoms with Crippen molar-refractivity contribution in [2.75, 3.05) is 6.54 Å². The van der Waals surface area contributed by atoms with Crippen LogP contribution in [0.5, 0.6) is 0 Å². The summed E-state index contributed by atoms with van der Waals surface area (Å²) in [5.41, 5.74) is 5.41. The number of hydrogen-bond donors (Lipinski definition) is 2. The Labute approximate surface area is 95.2 Å². The quantitative estimate of drug-likeness (QED) is 0.887. The van der Waals surface area contributed by atoms with Crippen molar-refractivity contribution < 1.29 is 4.42 Å². The van der Waals surface area contributed by atoms with Gasteiger partial charge in [-0.2, -0.15) is 5.10 Å². The van der Waals surface area contributed by atoms with Gasteiger partial charge in [0.05, 0.1) is 0 Å². The van der Waals surface area contributed by atoms with Crippen LogP contribution in [0, 0.1) is 0 Å². The highest BCUT2D eigenvalue weighted by Gasteiger charge is 2.09. The smallest absolute Gasteiger partial charge is 0.216 e. The van der Waals surface area contributed by atoms with Crippen LogP contribution < -0.4 is 5.73 Å². The van der Waals surface area contributed by atoms with Crippen LogP contribution in [-0.2, 0) is 6.42 Å². The van der Waals surface area contributed by atoms with E-state index in [9.17, 15) is 0 Å². The van der Waals surface area contributed by atoms with E-state index in [0.717, 1.165) is 18.7 Å². The molecule has 0 unspecified atom stereocenters. The molecule has 2 aromatic rings. The fraction of sp³-hybridized carbons (Fsp3) is 0.333. The number of H-pyrrole nitrogens is 1. The predicted molar refractivity (Wildman–Crippen MR) is 59.2 cm³/mol. The molecule has 80 valence electrons. The largest absolute Gasteiger partial charge is 0.446 e. The van der Waals surface area contributed by atoms with E-state index >= 15 is 0 Å². The second kappa shape index (κ2) is 4.59.